The van der Waals surface area contributed by atoms with Gasteiger partial charge in [0.15, 0.2) is 11.5 Å². The monoisotopic (exact) mass is 392 g/mol. The molecule has 1 unspecified atom stereocenters. The summed E-state index contributed by atoms with van der Waals surface area (Å²) < 4.78 is 11.5. The Balaban J connectivity index is 1.47. The Morgan fingerprint density at radius 1 is 1.14 bits per heavy atom. The molecule has 1 heterocycles. The van der Waals surface area contributed by atoms with Gasteiger partial charge in [-0.2, -0.15) is 5.10 Å². The molecule has 0 aromatic heterocycles. The first-order chi connectivity index (χ1) is 13.9. The predicted octanol–water partition coefficient (Wildman–Crippen LogP) is 3.16. The molecule has 0 spiro atoms. The SMILES string of the molecule is Cc1cc(O)c(C)c(O)c1/C=N\NC(=O)C1COc2cc3ccccc3cc2O1. The van der Waals surface area contributed by atoms with Crippen LogP contribution in [0.4, 0.5) is 0 Å². The van der Waals surface area contributed by atoms with E-state index in [0.29, 0.717) is 28.2 Å². The van der Waals surface area contributed by atoms with Crippen LogP contribution in [-0.4, -0.2) is 35.0 Å². The van der Waals surface area contributed by atoms with Crippen LogP contribution < -0.4 is 14.9 Å². The minimum absolute atomic E-state index is 0.000120. The number of rotatable bonds is 3. The van der Waals surface area contributed by atoms with Crippen molar-refractivity contribution < 1.29 is 24.5 Å². The van der Waals surface area contributed by atoms with Crippen molar-refractivity contribution in [3.8, 4) is 23.0 Å². The highest BCUT2D eigenvalue weighted by atomic mass is 16.6. The molecule has 1 aliphatic rings. The minimum atomic E-state index is -0.850. The highest BCUT2D eigenvalue weighted by molar-refractivity contribution is 5.89. The third kappa shape index (κ3) is 3.54. The van der Waals surface area contributed by atoms with Crippen LogP contribution in [0, 0.1) is 13.8 Å². The molecule has 3 aromatic carbocycles. The summed E-state index contributed by atoms with van der Waals surface area (Å²) >= 11 is 0. The van der Waals surface area contributed by atoms with Crippen molar-refractivity contribution in [1.29, 1.82) is 0 Å². The number of phenolic OH excluding ortho intramolecular Hbond substituents is 2. The number of aryl methyl sites for hydroxylation is 1. The Morgan fingerprint density at radius 3 is 2.55 bits per heavy atom. The number of aromatic hydroxyl groups is 2. The van der Waals surface area contributed by atoms with Crippen molar-refractivity contribution in [2.75, 3.05) is 6.61 Å². The molecule has 0 saturated heterocycles. The first-order valence-electron chi connectivity index (χ1n) is 9.11. The summed E-state index contributed by atoms with van der Waals surface area (Å²) in [6.07, 6.45) is 0.484. The zero-order valence-electron chi connectivity index (χ0n) is 16.0. The van der Waals surface area contributed by atoms with E-state index < -0.39 is 12.0 Å². The molecule has 7 heteroatoms. The average molecular weight is 392 g/mol. The average Bonchev–Trinajstić information content (AvgIpc) is 2.72. The van der Waals surface area contributed by atoms with Gasteiger partial charge in [-0.1, -0.05) is 24.3 Å². The van der Waals surface area contributed by atoms with Gasteiger partial charge in [0, 0.05) is 11.1 Å². The number of phenols is 2. The molecule has 0 aliphatic carbocycles. The zero-order valence-corrected chi connectivity index (χ0v) is 16.0. The highest BCUT2D eigenvalue weighted by Gasteiger charge is 2.27. The molecular formula is C22H20N2O5. The Kier molecular flexibility index (Phi) is 4.72. The lowest BCUT2D eigenvalue weighted by Gasteiger charge is -2.25. The lowest BCUT2D eigenvalue weighted by Crippen LogP contribution is -2.42. The molecule has 29 heavy (non-hydrogen) atoms. The van der Waals surface area contributed by atoms with Crippen LogP contribution in [0.15, 0.2) is 47.6 Å². The molecule has 1 amide bonds. The molecule has 0 fully saturated rings. The smallest absolute Gasteiger partial charge is 0.284 e. The van der Waals surface area contributed by atoms with E-state index in [4.69, 9.17) is 9.47 Å². The quantitative estimate of drug-likeness (QED) is 0.470. The summed E-state index contributed by atoms with van der Waals surface area (Å²) in [4.78, 5) is 12.4. The maximum absolute atomic E-state index is 12.4. The number of fused-ring (bicyclic) bond motifs is 2. The largest absolute Gasteiger partial charge is 0.508 e. The van der Waals surface area contributed by atoms with Gasteiger partial charge in [-0.25, -0.2) is 5.43 Å². The van der Waals surface area contributed by atoms with Gasteiger partial charge in [0.1, 0.15) is 18.1 Å². The van der Waals surface area contributed by atoms with E-state index in [2.05, 4.69) is 10.5 Å². The van der Waals surface area contributed by atoms with Crippen LogP contribution in [0.2, 0.25) is 0 Å². The highest BCUT2D eigenvalue weighted by Crippen LogP contribution is 2.36. The second-order valence-electron chi connectivity index (χ2n) is 6.90. The van der Waals surface area contributed by atoms with E-state index in [0.717, 1.165) is 10.8 Å². The normalized spacial score (nSPS) is 15.6. The van der Waals surface area contributed by atoms with Crippen LogP contribution in [0.3, 0.4) is 0 Å². The summed E-state index contributed by atoms with van der Waals surface area (Å²) in [6.45, 7) is 3.38. The fourth-order valence-corrected chi connectivity index (χ4v) is 3.18. The van der Waals surface area contributed by atoms with Gasteiger partial charge in [-0.05, 0) is 48.4 Å². The topological polar surface area (TPSA) is 100 Å². The Bertz CT molecular complexity index is 1140. The number of hydrazone groups is 1. The van der Waals surface area contributed by atoms with Gasteiger partial charge in [0.25, 0.3) is 5.91 Å². The fourth-order valence-electron chi connectivity index (χ4n) is 3.18. The standard InChI is InChI=1S/C22H20N2O5/c1-12-7-17(25)13(2)21(26)16(12)10-23-24-22(27)20-11-28-18-8-14-5-3-4-6-15(14)9-19(18)29-20/h3-10,20,25-26H,11H2,1-2H3,(H,24,27)/b23-10-. The van der Waals surface area contributed by atoms with Crippen LogP contribution in [0.1, 0.15) is 16.7 Å². The lowest BCUT2D eigenvalue weighted by molar-refractivity contribution is -0.130. The number of benzene rings is 3. The molecule has 1 aliphatic heterocycles. The zero-order chi connectivity index (χ0) is 20.5. The Labute approximate surface area is 167 Å². The first kappa shape index (κ1) is 18.6. The van der Waals surface area contributed by atoms with Crippen molar-refractivity contribution in [1.82, 2.24) is 5.43 Å². The van der Waals surface area contributed by atoms with Crippen molar-refractivity contribution in [2.45, 2.75) is 20.0 Å². The third-order valence-corrected chi connectivity index (χ3v) is 4.90. The number of hydrogen-bond acceptors (Lipinski definition) is 6. The summed E-state index contributed by atoms with van der Waals surface area (Å²) in [5, 5.41) is 25.8. The molecule has 0 bridgehead atoms. The van der Waals surface area contributed by atoms with Gasteiger partial charge in [0.2, 0.25) is 6.10 Å². The number of nitrogens with one attached hydrogen (secondary N) is 1. The molecule has 7 nitrogen and oxygen atoms in total. The van der Waals surface area contributed by atoms with Gasteiger partial charge >= 0.3 is 0 Å². The summed E-state index contributed by atoms with van der Waals surface area (Å²) in [7, 11) is 0. The van der Waals surface area contributed by atoms with E-state index in [-0.39, 0.29) is 18.1 Å². The van der Waals surface area contributed by atoms with Crippen molar-refractivity contribution in [3.63, 3.8) is 0 Å². The van der Waals surface area contributed by atoms with E-state index in [9.17, 15) is 15.0 Å². The van der Waals surface area contributed by atoms with Crippen LogP contribution in [0.5, 0.6) is 23.0 Å². The van der Waals surface area contributed by atoms with Crippen LogP contribution in [0.25, 0.3) is 10.8 Å². The molecule has 0 radical (unpaired) electrons. The maximum atomic E-state index is 12.4. The molecule has 0 saturated carbocycles. The summed E-state index contributed by atoms with van der Waals surface area (Å²) in [5.74, 6) is 0.546. The van der Waals surface area contributed by atoms with Gasteiger partial charge in [-0.3, -0.25) is 4.79 Å². The van der Waals surface area contributed by atoms with E-state index in [1.807, 2.05) is 36.4 Å². The van der Waals surface area contributed by atoms with Crippen molar-refractivity contribution >= 4 is 22.9 Å². The number of ether oxygens (including phenoxy) is 2. The minimum Gasteiger partial charge on any atom is -0.508 e. The fraction of sp³-hybridized carbons (Fsp3) is 0.182. The van der Waals surface area contributed by atoms with Crippen molar-refractivity contribution in [3.05, 3.63) is 59.2 Å². The second kappa shape index (κ2) is 7.35. The third-order valence-electron chi connectivity index (χ3n) is 4.90. The molecule has 1 atom stereocenters. The van der Waals surface area contributed by atoms with E-state index in [1.54, 1.807) is 13.8 Å². The lowest BCUT2D eigenvalue weighted by atomic mass is 10.0. The number of carbonyl (C=O) groups excluding carboxylic acids is 1. The Hall–Kier alpha value is -3.74. The molecule has 4 rings (SSSR count). The number of hydrogen-bond donors (Lipinski definition) is 3. The second-order valence-corrected chi connectivity index (χ2v) is 6.90. The van der Waals surface area contributed by atoms with E-state index in [1.165, 1.54) is 12.3 Å². The maximum Gasteiger partial charge on any atom is 0.284 e. The molecule has 148 valence electrons. The molecular weight excluding hydrogens is 372 g/mol. The van der Waals surface area contributed by atoms with E-state index >= 15 is 0 Å². The summed E-state index contributed by atoms with van der Waals surface area (Å²) in [5.41, 5.74) is 3.79. The molecule has 3 aromatic rings. The number of amides is 1. The number of carbonyl (C=O) groups is 1. The predicted molar refractivity (Wildman–Crippen MR) is 109 cm³/mol. The van der Waals surface area contributed by atoms with Gasteiger partial charge < -0.3 is 19.7 Å². The first-order valence-corrected chi connectivity index (χ1v) is 9.11. The molecule has 3 N–H and O–H groups in total. The van der Waals surface area contributed by atoms with Gasteiger partial charge in [0.05, 0.1) is 6.21 Å². The Morgan fingerprint density at radius 2 is 1.83 bits per heavy atom. The summed E-state index contributed by atoms with van der Waals surface area (Å²) in [6, 6.07) is 13.1. The van der Waals surface area contributed by atoms with Crippen LogP contribution >= 0.6 is 0 Å². The van der Waals surface area contributed by atoms with Gasteiger partial charge in [-0.15, -0.1) is 0 Å². The number of nitrogens with zero attached hydrogens (tertiary/aromatic N) is 1. The van der Waals surface area contributed by atoms with Crippen molar-refractivity contribution in [2.24, 2.45) is 5.10 Å². The van der Waals surface area contributed by atoms with Crippen LogP contribution in [-0.2, 0) is 4.79 Å².